The molecule has 1 N–H and O–H groups in total. The van der Waals surface area contributed by atoms with E-state index >= 15 is 0 Å². The summed E-state index contributed by atoms with van der Waals surface area (Å²) in [6, 6.07) is 0. The Labute approximate surface area is 110 Å². The van der Waals surface area contributed by atoms with Crippen molar-refractivity contribution in [2.24, 2.45) is 5.92 Å². The van der Waals surface area contributed by atoms with E-state index in [0.29, 0.717) is 0 Å². The minimum Gasteiger partial charge on any atom is -0.316 e. The van der Waals surface area contributed by atoms with Crippen molar-refractivity contribution in [3.63, 3.8) is 0 Å². The van der Waals surface area contributed by atoms with Crippen LogP contribution in [0.15, 0.2) is 6.20 Å². The molecular formula is C14H26N4. The maximum Gasteiger partial charge on any atom is 0.0638 e. The van der Waals surface area contributed by atoms with Crippen molar-refractivity contribution in [1.29, 1.82) is 0 Å². The summed E-state index contributed by atoms with van der Waals surface area (Å²) < 4.78 is 2.03. The van der Waals surface area contributed by atoms with Gasteiger partial charge in [0, 0.05) is 31.4 Å². The molecule has 1 aliphatic rings. The smallest absolute Gasteiger partial charge is 0.0638 e. The topological polar surface area (TPSA) is 33.1 Å². The molecule has 1 aromatic rings. The lowest BCUT2D eigenvalue weighted by Crippen LogP contribution is -2.36. The Bertz CT molecular complexity index is 366. The van der Waals surface area contributed by atoms with E-state index in [1.165, 1.54) is 43.7 Å². The summed E-state index contributed by atoms with van der Waals surface area (Å²) in [4.78, 5) is 2.43. The number of rotatable bonds is 5. The highest BCUT2D eigenvalue weighted by Gasteiger charge is 2.16. The van der Waals surface area contributed by atoms with E-state index < -0.39 is 0 Å². The molecule has 18 heavy (non-hydrogen) atoms. The Balaban J connectivity index is 1.85. The van der Waals surface area contributed by atoms with Crippen LogP contribution in [0.25, 0.3) is 0 Å². The lowest BCUT2D eigenvalue weighted by molar-refractivity contribution is 0.237. The normalized spacial score (nSPS) is 20.6. The molecule has 0 bridgehead atoms. The third-order valence-electron chi connectivity index (χ3n) is 3.78. The highest BCUT2D eigenvalue weighted by Crippen LogP contribution is 2.14. The minimum absolute atomic E-state index is 0.810. The van der Waals surface area contributed by atoms with Crippen LogP contribution in [0, 0.1) is 12.8 Å². The molecule has 0 radical (unpaired) electrons. The molecule has 1 saturated heterocycles. The summed E-state index contributed by atoms with van der Waals surface area (Å²) >= 11 is 0. The molecule has 0 unspecified atom stereocenters. The van der Waals surface area contributed by atoms with Gasteiger partial charge in [-0.25, -0.2) is 0 Å². The molecule has 0 saturated carbocycles. The highest BCUT2D eigenvalue weighted by atomic mass is 15.3. The van der Waals surface area contributed by atoms with Crippen LogP contribution >= 0.6 is 0 Å². The molecule has 2 rings (SSSR count). The van der Waals surface area contributed by atoms with E-state index in [0.717, 1.165) is 19.0 Å². The van der Waals surface area contributed by atoms with Crippen molar-refractivity contribution < 1.29 is 0 Å². The van der Waals surface area contributed by atoms with Crippen LogP contribution in [0.1, 0.15) is 31.0 Å². The second-order valence-electron chi connectivity index (χ2n) is 5.50. The first-order valence-electron chi connectivity index (χ1n) is 7.11. The number of hydrogen-bond acceptors (Lipinski definition) is 3. The number of nitrogens with one attached hydrogen (secondary N) is 1. The summed E-state index contributed by atoms with van der Waals surface area (Å²) in [6.45, 7) is 9.77. The van der Waals surface area contributed by atoms with Gasteiger partial charge in [-0.15, -0.1) is 0 Å². The number of nitrogens with zero attached hydrogens (tertiary/aromatic N) is 3. The predicted molar refractivity (Wildman–Crippen MR) is 74.6 cm³/mol. The Morgan fingerprint density at radius 3 is 3.00 bits per heavy atom. The molecular weight excluding hydrogens is 224 g/mol. The van der Waals surface area contributed by atoms with Crippen LogP contribution in [-0.2, 0) is 13.1 Å². The quantitative estimate of drug-likeness (QED) is 0.862. The van der Waals surface area contributed by atoms with Gasteiger partial charge in [-0.3, -0.25) is 4.68 Å². The molecule has 102 valence electrons. The minimum atomic E-state index is 0.810. The molecule has 0 amide bonds. The van der Waals surface area contributed by atoms with Gasteiger partial charge in [0.25, 0.3) is 0 Å². The van der Waals surface area contributed by atoms with Crippen LogP contribution in [0.4, 0.5) is 0 Å². The average molecular weight is 250 g/mol. The summed E-state index contributed by atoms with van der Waals surface area (Å²) in [5.74, 6) is 0.810. The summed E-state index contributed by atoms with van der Waals surface area (Å²) in [5.41, 5.74) is 2.54. The number of aromatic nitrogens is 2. The maximum atomic E-state index is 4.51. The van der Waals surface area contributed by atoms with E-state index in [1.807, 2.05) is 4.68 Å². The number of piperidine rings is 1. The van der Waals surface area contributed by atoms with Gasteiger partial charge in [0.1, 0.15) is 0 Å². The van der Waals surface area contributed by atoms with Gasteiger partial charge in [-0.2, -0.15) is 5.10 Å². The van der Waals surface area contributed by atoms with Crippen LogP contribution < -0.4 is 5.32 Å². The molecule has 1 fully saturated rings. The first-order valence-corrected chi connectivity index (χ1v) is 7.11. The van der Waals surface area contributed by atoms with Crippen molar-refractivity contribution >= 4 is 0 Å². The van der Waals surface area contributed by atoms with Gasteiger partial charge in [-0.05, 0) is 52.7 Å². The highest BCUT2D eigenvalue weighted by molar-refractivity contribution is 5.15. The Morgan fingerprint density at radius 2 is 2.39 bits per heavy atom. The Morgan fingerprint density at radius 1 is 1.56 bits per heavy atom. The monoisotopic (exact) mass is 250 g/mol. The molecule has 0 aliphatic carbocycles. The largest absolute Gasteiger partial charge is 0.316 e. The van der Waals surface area contributed by atoms with Crippen molar-refractivity contribution in [2.75, 3.05) is 26.7 Å². The van der Waals surface area contributed by atoms with Gasteiger partial charge >= 0.3 is 0 Å². The SMILES string of the molecule is CCn1cc(CN(C)C[C@H]2CCCNC2)c(C)n1. The van der Waals surface area contributed by atoms with E-state index in [-0.39, 0.29) is 0 Å². The van der Waals surface area contributed by atoms with Gasteiger partial charge in [0.15, 0.2) is 0 Å². The second kappa shape index (κ2) is 6.34. The molecule has 1 aliphatic heterocycles. The molecule has 4 nitrogen and oxygen atoms in total. The zero-order chi connectivity index (χ0) is 13.0. The Hall–Kier alpha value is -0.870. The molecule has 4 heteroatoms. The van der Waals surface area contributed by atoms with E-state index in [1.54, 1.807) is 0 Å². The van der Waals surface area contributed by atoms with Gasteiger partial charge in [-0.1, -0.05) is 0 Å². The third kappa shape index (κ3) is 3.56. The molecule has 0 spiro atoms. The zero-order valence-electron chi connectivity index (χ0n) is 11.9. The maximum absolute atomic E-state index is 4.51. The van der Waals surface area contributed by atoms with Crippen LogP contribution in [0.5, 0.6) is 0 Å². The fourth-order valence-corrected chi connectivity index (χ4v) is 2.75. The first-order chi connectivity index (χ1) is 8.69. The summed E-state index contributed by atoms with van der Waals surface area (Å²) in [5, 5.41) is 7.99. The zero-order valence-corrected chi connectivity index (χ0v) is 11.9. The molecule has 2 heterocycles. The fourth-order valence-electron chi connectivity index (χ4n) is 2.75. The van der Waals surface area contributed by atoms with Crippen LogP contribution in [0.2, 0.25) is 0 Å². The standard InChI is InChI=1S/C14H26N4/c1-4-18-11-14(12(2)16-18)10-17(3)9-13-6-5-7-15-8-13/h11,13,15H,4-10H2,1-3H3/t13-/m0/s1. The summed E-state index contributed by atoms with van der Waals surface area (Å²) in [7, 11) is 2.22. The second-order valence-corrected chi connectivity index (χ2v) is 5.50. The number of aryl methyl sites for hydroxylation is 2. The van der Waals surface area contributed by atoms with Crippen molar-refractivity contribution in [1.82, 2.24) is 20.0 Å². The van der Waals surface area contributed by atoms with Gasteiger partial charge in [0.2, 0.25) is 0 Å². The average Bonchev–Trinajstić information content (AvgIpc) is 2.71. The van der Waals surface area contributed by atoms with E-state index in [9.17, 15) is 0 Å². The van der Waals surface area contributed by atoms with Crippen molar-refractivity contribution in [3.8, 4) is 0 Å². The van der Waals surface area contributed by atoms with Crippen LogP contribution in [0.3, 0.4) is 0 Å². The van der Waals surface area contributed by atoms with Gasteiger partial charge in [0.05, 0.1) is 5.69 Å². The third-order valence-corrected chi connectivity index (χ3v) is 3.78. The molecule has 1 atom stereocenters. The van der Waals surface area contributed by atoms with Gasteiger partial charge < -0.3 is 10.2 Å². The summed E-state index contributed by atoms with van der Waals surface area (Å²) in [6.07, 6.45) is 4.88. The van der Waals surface area contributed by atoms with E-state index in [4.69, 9.17) is 0 Å². The van der Waals surface area contributed by atoms with Crippen molar-refractivity contribution in [3.05, 3.63) is 17.5 Å². The van der Waals surface area contributed by atoms with Crippen LogP contribution in [-0.4, -0.2) is 41.4 Å². The molecule has 1 aromatic heterocycles. The first kappa shape index (κ1) is 13.6. The molecule has 0 aromatic carbocycles. The van der Waals surface area contributed by atoms with Crippen molar-refractivity contribution in [2.45, 2.75) is 39.8 Å². The lowest BCUT2D eigenvalue weighted by atomic mass is 9.99. The predicted octanol–water partition coefficient (Wildman–Crippen LogP) is 1.64. The lowest BCUT2D eigenvalue weighted by Gasteiger charge is -2.27. The Kier molecular flexibility index (Phi) is 4.78. The fraction of sp³-hybridized carbons (Fsp3) is 0.786. The number of hydrogen-bond donors (Lipinski definition) is 1. The van der Waals surface area contributed by atoms with E-state index in [2.05, 4.69) is 42.4 Å².